The maximum Gasteiger partial charge on any atom is 0.269 e. The Bertz CT molecular complexity index is 716. The topological polar surface area (TPSA) is 106 Å². The second-order valence-corrected chi connectivity index (χ2v) is 5.02. The first kappa shape index (κ1) is 16.9. The van der Waals surface area contributed by atoms with Gasteiger partial charge in [0.1, 0.15) is 0 Å². The predicted molar refractivity (Wildman–Crippen MR) is 90.4 cm³/mol. The summed E-state index contributed by atoms with van der Waals surface area (Å²) in [6, 6.07) is 15.2. The van der Waals surface area contributed by atoms with E-state index in [1.165, 1.54) is 17.1 Å². The second kappa shape index (κ2) is 7.73. The number of allylic oxidation sites excluding steroid dienone is 1. The number of nitro benzene ring substituents is 1. The largest absolute Gasteiger partial charge is 0.858 e. The van der Waals surface area contributed by atoms with Crippen LogP contribution < -0.4 is 21.4 Å². The van der Waals surface area contributed by atoms with E-state index in [1.807, 2.05) is 30.3 Å². The van der Waals surface area contributed by atoms with Gasteiger partial charge in [-0.1, -0.05) is 18.2 Å². The number of non-ortho nitro benzene ring substituents is 1. The first-order valence-corrected chi connectivity index (χ1v) is 7.17. The van der Waals surface area contributed by atoms with Crippen LogP contribution in [0.1, 0.15) is 6.92 Å². The van der Waals surface area contributed by atoms with Gasteiger partial charge in [0, 0.05) is 30.8 Å². The fourth-order valence-corrected chi connectivity index (χ4v) is 1.89. The zero-order valence-corrected chi connectivity index (χ0v) is 13.3. The molecular weight excluding hydrogens is 310 g/mol. The molecule has 0 amide bonds. The van der Waals surface area contributed by atoms with Gasteiger partial charge in [-0.2, -0.15) is 0 Å². The van der Waals surface area contributed by atoms with E-state index in [0.717, 1.165) is 5.69 Å². The van der Waals surface area contributed by atoms with Crippen LogP contribution in [0.2, 0.25) is 0 Å². The van der Waals surface area contributed by atoms with E-state index < -0.39 is 4.92 Å². The van der Waals surface area contributed by atoms with Crippen LogP contribution in [0.15, 0.2) is 66.2 Å². The van der Waals surface area contributed by atoms with E-state index in [1.54, 1.807) is 26.1 Å². The molecule has 8 nitrogen and oxygen atoms in total. The number of hydrazine groups is 2. The fourth-order valence-electron chi connectivity index (χ4n) is 1.89. The van der Waals surface area contributed by atoms with Crippen molar-refractivity contribution in [3.63, 3.8) is 0 Å². The van der Waals surface area contributed by atoms with Gasteiger partial charge in [-0.15, -0.1) is 0 Å². The maximum atomic E-state index is 12.2. The average molecular weight is 328 g/mol. The van der Waals surface area contributed by atoms with Gasteiger partial charge in [0.25, 0.3) is 5.69 Å². The standard InChI is InChI=1S/C16H19N5O3/c1-12(16(22)20(2)19-14-6-4-3-5-7-14)17-18-13-8-10-15(11-9-13)21(23)24/h3-11,17-19,22H,1-2H3/p-1. The summed E-state index contributed by atoms with van der Waals surface area (Å²) in [6.07, 6.45) is 0. The zero-order chi connectivity index (χ0) is 17.5. The van der Waals surface area contributed by atoms with Crippen molar-refractivity contribution in [3.05, 3.63) is 76.3 Å². The number of benzene rings is 2. The van der Waals surface area contributed by atoms with Crippen LogP contribution in [0.5, 0.6) is 0 Å². The highest BCUT2D eigenvalue weighted by atomic mass is 16.6. The maximum absolute atomic E-state index is 12.2. The summed E-state index contributed by atoms with van der Waals surface area (Å²) >= 11 is 0. The van der Waals surface area contributed by atoms with E-state index in [9.17, 15) is 15.2 Å². The Morgan fingerprint density at radius 3 is 2.25 bits per heavy atom. The van der Waals surface area contributed by atoms with Crippen LogP contribution in [0.25, 0.3) is 0 Å². The summed E-state index contributed by atoms with van der Waals surface area (Å²) in [4.78, 5) is 10.1. The van der Waals surface area contributed by atoms with Gasteiger partial charge < -0.3 is 21.0 Å². The van der Waals surface area contributed by atoms with E-state index in [4.69, 9.17) is 0 Å². The number of rotatable bonds is 7. The van der Waals surface area contributed by atoms with Crippen molar-refractivity contribution < 1.29 is 10.0 Å². The summed E-state index contributed by atoms with van der Waals surface area (Å²) in [5.41, 5.74) is 10.3. The molecule has 3 N–H and O–H groups in total. The minimum atomic E-state index is -0.470. The molecule has 2 aromatic carbocycles. The van der Waals surface area contributed by atoms with E-state index in [0.29, 0.717) is 11.4 Å². The Balaban J connectivity index is 1.95. The molecule has 8 heteroatoms. The van der Waals surface area contributed by atoms with Crippen molar-refractivity contribution in [1.29, 1.82) is 0 Å². The Hall–Kier alpha value is -3.42. The van der Waals surface area contributed by atoms with Crippen molar-refractivity contribution in [3.8, 4) is 0 Å². The van der Waals surface area contributed by atoms with Gasteiger partial charge in [0.2, 0.25) is 0 Å². The SMILES string of the molecule is CC(NNc1ccc([N+](=O)[O-])cc1)=C([O-])N(C)Nc1ccccc1. The lowest BCUT2D eigenvalue weighted by Gasteiger charge is -2.30. The van der Waals surface area contributed by atoms with Gasteiger partial charge in [-0.3, -0.25) is 15.5 Å². The highest BCUT2D eigenvalue weighted by Gasteiger charge is 2.04. The summed E-state index contributed by atoms with van der Waals surface area (Å²) in [7, 11) is 1.62. The molecule has 0 radical (unpaired) electrons. The van der Waals surface area contributed by atoms with Crippen molar-refractivity contribution >= 4 is 17.1 Å². The quantitative estimate of drug-likeness (QED) is 0.405. The molecule has 126 valence electrons. The Morgan fingerprint density at radius 1 is 1.04 bits per heavy atom. The molecule has 0 aliphatic heterocycles. The molecule has 0 atom stereocenters. The molecule has 0 bridgehead atoms. The van der Waals surface area contributed by atoms with Crippen molar-refractivity contribution in [2.75, 3.05) is 17.9 Å². The number of nitro groups is 1. The zero-order valence-electron chi connectivity index (χ0n) is 13.3. The summed E-state index contributed by atoms with van der Waals surface area (Å²) in [5, 5.41) is 24.2. The molecule has 0 saturated heterocycles. The molecule has 0 aromatic heterocycles. The molecule has 0 spiro atoms. The predicted octanol–water partition coefficient (Wildman–Crippen LogP) is 2.02. The minimum Gasteiger partial charge on any atom is -0.858 e. The Kier molecular flexibility index (Phi) is 5.45. The number of hydrogen-bond donors (Lipinski definition) is 3. The highest BCUT2D eigenvalue weighted by Crippen LogP contribution is 2.15. The second-order valence-electron chi connectivity index (χ2n) is 5.02. The molecular formula is C16H18N5O3-. The third-order valence-electron chi connectivity index (χ3n) is 3.17. The third-order valence-corrected chi connectivity index (χ3v) is 3.17. The normalized spacial score (nSPS) is 11.2. The van der Waals surface area contributed by atoms with Gasteiger partial charge in [0.05, 0.1) is 16.3 Å². The average Bonchev–Trinajstić information content (AvgIpc) is 2.60. The number of nitrogens with zero attached hydrogens (tertiary/aromatic N) is 2. The number of para-hydroxylation sites is 1. The van der Waals surface area contributed by atoms with E-state index in [2.05, 4.69) is 16.3 Å². The monoisotopic (exact) mass is 328 g/mol. The number of anilines is 2. The molecule has 0 saturated carbocycles. The molecule has 2 aromatic rings. The lowest BCUT2D eigenvalue weighted by molar-refractivity contribution is -0.384. The molecule has 0 fully saturated rings. The molecule has 0 unspecified atom stereocenters. The summed E-state index contributed by atoms with van der Waals surface area (Å²) in [6.45, 7) is 1.63. The number of nitrogens with one attached hydrogen (secondary N) is 3. The van der Waals surface area contributed by atoms with Crippen molar-refractivity contribution in [2.24, 2.45) is 0 Å². The first-order chi connectivity index (χ1) is 11.5. The lowest BCUT2D eigenvalue weighted by Crippen LogP contribution is -2.36. The van der Waals surface area contributed by atoms with Crippen LogP contribution in [-0.2, 0) is 0 Å². The van der Waals surface area contributed by atoms with E-state index >= 15 is 0 Å². The first-order valence-electron chi connectivity index (χ1n) is 7.17. The highest BCUT2D eigenvalue weighted by molar-refractivity contribution is 5.48. The molecule has 0 aliphatic carbocycles. The Morgan fingerprint density at radius 2 is 1.67 bits per heavy atom. The lowest BCUT2D eigenvalue weighted by atomic mass is 10.3. The number of hydrogen-bond acceptors (Lipinski definition) is 7. The molecule has 2 rings (SSSR count). The smallest absolute Gasteiger partial charge is 0.269 e. The molecule has 0 aliphatic rings. The van der Waals surface area contributed by atoms with Gasteiger partial charge in [-0.05, 0) is 31.2 Å². The van der Waals surface area contributed by atoms with Crippen LogP contribution in [-0.4, -0.2) is 17.0 Å². The summed E-state index contributed by atoms with van der Waals surface area (Å²) in [5.74, 6) is -0.256. The molecule has 0 heterocycles. The Labute approximate surface area is 139 Å². The van der Waals surface area contributed by atoms with Crippen LogP contribution >= 0.6 is 0 Å². The van der Waals surface area contributed by atoms with Crippen LogP contribution in [0, 0.1) is 10.1 Å². The van der Waals surface area contributed by atoms with E-state index in [-0.39, 0.29) is 11.6 Å². The third kappa shape index (κ3) is 4.54. The summed E-state index contributed by atoms with van der Waals surface area (Å²) < 4.78 is 0. The van der Waals surface area contributed by atoms with Crippen molar-refractivity contribution in [1.82, 2.24) is 10.4 Å². The van der Waals surface area contributed by atoms with Crippen LogP contribution in [0.4, 0.5) is 17.1 Å². The fraction of sp³-hybridized carbons (Fsp3) is 0.125. The van der Waals surface area contributed by atoms with Gasteiger partial charge >= 0.3 is 0 Å². The minimum absolute atomic E-state index is 0.00382. The van der Waals surface area contributed by atoms with Crippen LogP contribution in [0.3, 0.4) is 0 Å². The van der Waals surface area contributed by atoms with Crippen molar-refractivity contribution in [2.45, 2.75) is 6.92 Å². The van der Waals surface area contributed by atoms with Gasteiger partial charge in [0.15, 0.2) is 0 Å². The molecule has 24 heavy (non-hydrogen) atoms. The van der Waals surface area contributed by atoms with Gasteiger partial charge in [-0.25, -0.2) is 0 Å².